The Bertz CT molecular complexity index is 842. The van der Waals surface area contributed by atoms with Gasteiger partial charge < -0.3 is 20.8 Å². The molecule has 0 aliphatic heterocycles. The van der Waals surface area contributed by atoms with E-state index in [1.54, 1.807) is 13.8 Å². The lowest BCUT2D eigenvalue weighted by Gasteiger charge is -2.11. The molecule has 9 nitrogen and oxygen atoms in total. The van der Waals surface area contributed by atoms with Crippen LogP contribution in [-0.4, -0.2) is 44.3 Å². The van der Waals surface area contributed by atoms with E-state index in [9.17, 15) is 23.2 Å². The molecule has 0 aliphatic rings. The number of carbonyl (C=O) groups is 1. The van der Waals surface area contributed by atoms with Crippen molar-refractivity contribution in [2.75, 3.05) is 18.4 Å². The average molecular weight is 415 g/mol. The van der Waals surface area contributed by atoms with Crippen LogP contribution in [0.25, 0.3) is 0 Å². The number of nitrogens with zero attached hydrogens (tertiary/aromatic N) is 4. The van der Waals surface area contributed by atoms with Crippen LogP contribution in [0.4, 0.5) is 24.7 Å². The predicted molar refractivity (Wildman–Crippen MR) is 96.7 cm³/mol. The van der Waals surface area contributed by atoms with Crippen LogP contribution < -0.4 is 5.32 Å². The van der Waals surface area contributed by atoms with Crippen molar-refractivity contribution >= 4 is 17.5 Å². The molecule has 0 unspecified atom stereocenters. The minimum atomic E-state index is -4.46. The molecule has 0 saturated heterocycles. The molecule has 0 atom stereocenters. The zero-order chi connectivity index (χ0) is 22.0. The summed E-state index contributed by atoms with van der Waals surface area (Å²) in [5.41, 5.74) is -0.832. The lowest BCUT2D eigenvalue weighted by Crippen LogP contribution is -2.29. The number of benzene rings is 1. The molecule has 2 rings (SSSR count). The van der Waals surface area contributed by atoms with Gasteiger partial charge in [-0.2, -0.15) is 13.2 Å². The number of nitrogens with one attached hydrogen (secondary N) is 1. The highest BCUT2D eigenvalue weighted by molar-refractivity contribution is 5.93. The third kappa shape index (κ3) is 7.16. The quantitative estimate of drug-likeness (QED) is 0.368. The van der Waals surface area contributed by atoms with Crippen molar-refractivity contribution in [2.24, 2.45) is 5.28 Å². The first-order valence-corrected chi connectivity index (χ1v) is 8.33. The molecular formula is C17H20F3N5O4. The molecule has 0 bridgehead atoms. The van der Waals surface area contributed by atoms with Gasteiger partial charge >= 0.3 is 12.1 Å². The number of halogens is 3. The number of rotatable bonds is 6. The van der Waals surface area contributed by atoms with Gasteiger partial charge in [0.1, 0.15) is 11.4 Å². The summed E-state index contributed by atoms with van der Waals surface area (Å²) in [4.78, 5) is 15.0. The second-order valence-electron chi connectivity index (χ2n) is 5.39. The molecule has 1 heterocycles. The second kappa shape index (κ2) is 10.7. The monoisotopic (exact) mass is 415 g/mol. The highest BCUT2D eigenvalue weighted by atomic mass is 19.4. The average Bonchev–Trinajstić information content (AvgIpc) is 2.69. The lowest BCUT2D eigenvalue weighted by atomic mass is 10.2. The zero-order valence-electron chi connectivity index (χ0n) is 15.6. The Morgan fingerprint density at radius 2 is 1.93 bits per heavy atom. The summed E-state index contributed by atoms with van der Waals surface area (Å²) < 4.78 is 37.7. The molecule has 3 N–H and O–H groups in total. The van der Waals surface area contributed by atoms with Crippen LogP contribution in [0.1, 0.15) is 29.8 Å². The van der Waals surface area contributed by atoms with E-state index in [4.69, 9.17) is 10.3 Å². The van der Waals surface area contributed by atoms with Crippen molar-refractivity contribution in [3.63, 3.8) is 0 Å². The van der Waals surface area contributed by atoms with Crippen LogP contribution in [0.3, 0.4) is 0 Å². The molecule has 0 radical (unpaired) electrons. The highest BCUT2D eigenvalue weighted by Gasteiger charge is 2.30. The van der Waals surface area contributed by atoms with Crippen molar-refractivity contribution in [2.45, 2.75) is 20.0 Å². The number of aromatic carboxylic acids is 1. The number of alkyl halides is 3. The largest absolute Gasteiger partial charge is 0.569 e. The van der Waals surface area contributed by atoms with Gasteiger partial charge in [0.2, 0.25) is 5.28 Å². The summed E-state index contributed by atoms with van der Waals surface area (Å²) in [5, 5.41) is 33.7. The summed E-state index contributed by atoms with van der Waals surface area (Å²) in [6, 6.07) is 7.19. The van der Waals surface area contributed by atoms with E-state index in [0.717, 1.165) is 12.1 Å². The van der Waals surface area contributed by atoms with Crippen LogP contribution in [0, 0.1) is 5.21 Å². The first kappa shape index (κ1) is 23.5. The third-order valence-corrected chi connectivity index (χ3v) is 3.54. The van der Waals surface area contributed by atoms with Crippen molar-refractivity contribution < 1.29 is 33.2 Å². The summed E-state index contributed by atoms with van der Waals surface area (Å²) in [6.45, 7) is 4.70. The SMILES string of the molecule is CCN(CC)[N+]([O-])=NO.O=C(O)c1cccnc1Nc1cccc(C(F)(F)F)c1. The standard InChI is InChI=1S/C13H9F3N2O2.C4H11N3O2/c14-13(15,16)8-3-1-4-9(7-8)18-11-10(12(19)20)5-2-6-17-11;1-3-6(4-2)7(9)5-8/h1-7H,(H,17,18)(H,19,20);8H,3-4H2,1-2H3. The normalized spacial score (nSPS) is 11.3. The van der Waals surface area contributed by atoms with Crippen molar-refractivity contribution in [3.05, 3.63) is 58.9 Å². The maximum Gasteiger partial charge on any atom is 0.416 e. The molecule has 0 fully saturated rings. The van der Waals surface area contributed by atoms with Crippen LogP contribution in [0.5, 0.6) is 0 Å². The Kier molecular flexibility index (Phi) is 8.65. The van der Waals surface area contributed by atoms with Crippen LogP contribution in [0.2, 0.25) is 0 Å². The number of hydrogen-bond acceptors (Lipinski definition) is 5. The molecule has 0 aliphatic carbocycles. The van der Waals surface area contributed by atoms with Gasteiger partial charge in [-0.05, 0) is 44.2 Å². The van der Waals surface area contributed by atoms with Crippen LogP contribution in [-0.2, 0) is 6.18 Å². The van der Waals surface area contributed by atoms with E-state index in [-0.39, 0.29) is 22.0 Å². The number of anilines is 2. The fourth-order valence-electron chi connectivity index (χ4n) is 2.11. The smallest absolute Gasteiger partial charge is 0.416 e. The van der Waals surface area contributed by atoms with E-state index >= 15 is 0 Å². The number of pyridine rings is 1. The lowest BCUT2D eigenvalue weighted by molar-refractivity contribution is -0.708. The number of carboxylic acids is 1. The van der Waals surface area contributed by atoms with Crippen molar-refractivity contribution in [1.29, 1.82) is 0 Å². The molecular weight excluding hydrogens is 395 g/mol. The first-order valence-electron chi connectivity index (χ1n) is 8.33. The number of carboxylic acid groups (broad SMARTS) is 1. The van der Waals surface area contributed by atoms with Gasteiger partial charge in [0.05, 0.1) is 23.6 Å². The van der Waals surface area contributed by atoms with E-state index < -0.39 is 17.7 Å². The summed E-state index contributed by atoms with van der Waals surface area (Å²) >= 11 is 0. The summed E-state index contributed by atoms with van der Waals surface area (Å²) in [6.07, 6.45) is -3.11. The Morgan fingerprint density at radius 3 is 2.41 bits per heavy atom. The first-order chi connectivity index (χ1) is 13.6. The van der Waals surface area contributed by atoms with E-state index in [0.29, 0.717) is 13.1 Å². The van der Waals surface area contributed by atoms with Gasteiger partial charge in [-0.25, -0.2) is 9.78 Å². The minimum absolute atomic E-state index is 0.0145. The highest BCUT2D eigenvalue weighted by Crippen LogP contribution is 2.31. The predicted octanol–water partition coefficient (Wildman–Crippen LogP) is 4.14. The molecule has 0 spiro atoms. The number of hydrogen-bond donors (Lipinski definition) is 3. The van der Waals surface area contributed by atoms with Gasteiger partial charge in [-0.15, -0.1) is 5.01 Å². The Morgan fingerprint density at radius 1 is 1.28 bits per heavy atom. The van der Waals surface area contributed by atoms with Crippen molar-refractivity contribution in [3.8, 4) is 0 Å². The maximum absolute atomic E-state index is 12.6. The van der Waals surface area contributed by atoms with Gasteiger partial charge in [0.15, 0.2) is 0 Å². The molecule has 1 aromatic carbocycles. The Hall–Kier alpha value is -3.57. The molecule has 0 saturated carbocycles. The second-order valence-corrected chi connectivity index (χ2v) is 5.39. The molecule has 29 heavy (non-hydrogen) atoms. The van der Waals surface area contributed by atoms with Crippen LogP contribution >= 0.6 is 0 Å². The number of aromatic nitrogens is 1. The molecule has 12 heteroatoms. The molecule has 1 aromatic heterocycles. The van der Waals surface area contributed by atoms with E-state index in [1.807, 2.05) is 0 Å². The summed E-state index contributed by atoms with van der Waals surface area (Å²) in [5.74, 6) is -1.23. The topological polar surface area (TPSA) is 124 Å². The fraction of sp³-hybridized carbons (Fsp3) is 0.294. The fourth-order valence-corrected chi connectivity index (χ4v) is 2.11. The van der Waals surface area contributed by atoms with Crippen LogP contribution in [0.15, 0.2) is 47.9 Å². The zero-order valence-corrected chi connectivity index (χ0v) is 15.6. The minimum Gasteiger partial charge on any atom is -0.569 e. The molecule has 0 amide bonds. The van der Waals surface area contributed by atoms with Gasteiger partial charge in [-0.3, -0.25) is 0 Å². The molecule has 158 valence electrons. The van der Waals surface area contributed by atoms with E-state index in [1.165, 1.54) is 35.5 Å². The van der Waals surface area contributed by atoms with Gasteiger partial charge in [-0.1, -0.05) is 6.07 Å². The van der Waals surface area contributed by atoms with Gasteiger partial charge in [0.25, 0.3) is 0 Å². The third-order valence-electron chi connectivity index (χ3n) is 3.54. The van der Waals surface area contributed by atoms with E-state index in [2.05, 4.69) is 15.6 Å². The Balaban J connectivity index is 0.000000396. The molecule has 2 aromatic rings. The Labute approximate surface area is 164 Å². The maximum atomic E-state index is 12.6. The van der Waals surface area contributed by atoms with Crippen molar-refractivity contribution in [1.82, 2.24) is 9.99 Å². The van der Waals surface area contributed by atoms with Gasteiger partial charge in [0, 0.05) is 11.9 Å². The number of hydrazine groups is 1. The summed E-state index contributed by atoms with van der Waals surface area (Å²) in [7, 11) is 0.